The van der Waals surface area contributed by atoms with Crippen molar-refractivity contribution in [1.82, 2.24) is 5.32 Å². The zero-order valence-electron chi connectivity index (χ0n) is 17.1. The number of ketones is 1. The number of amides is 2. The minimum Gasteiger partial charge on any atom is -0.535 e. The molecular weight excluding hydrogens is 395 g/mol. The summed E-state index contributed by atoms with van der Waals surface area (Å²) in [5.41, 5.74) is 4.88. The molecule has 0 spiro atoms. The van der Waals surface area contributed by atoms with E-state index in [1.54, 1.807) is 32.9 Å². The van der Waals surface area contributed by atoms with E-state index >= 15 is 0 Å². The average molecular weight is 420 g/mol. The van der Waals surface area contributed by atoms with Gasteiger partial charge in [-0.25, -0.2) is 9.59 Å². The number of carbonyl (C=O) groups is 4. The summed E-state index contributed by atoms with van der Waals surface area (Å²) in [5.74, 6) is -2.02. The van der Waals surface area contributed by atoms with Crippen molar-refractivity contribution in [3.05, 3.63) is 29.3 Å². The highest BCUT2D eigenvalue weighted by molar-refractivity contribution is 6.47. The van der Waals surface area contributed by atoms with Crippen LogP contribution in [0.1, 0.15) is 43.1 Å². The number of urea groups is 1. The quantitative estimate of drug-likeness (QED) is 0.333. The Bertz CT molecular complexity index is 836. The summed E-state index contributed by atoms with van der Waals surface area (Å²) in [5, 5.41) is 12.5. The van der Waals surface area contributed by atoms with Crippen molar-refractivity contribution < 1.29 is 38.3 Å². The maximum atomic E-state index is 12.4. The molecule has 0 saturated carbocycles. The molecule has 2 amide bonds. The molecule has 0 bridgehead atoms. The second kappa shape index (κ2) is 9.62. The van der Waals surface area contributed by atoms with E-state index in [4.69, 9.17) is 19.9 Å². The standard InChI is InChI=1S/C19H25BN2O8/c1-19(2,3)17(25)29-10-28-16(24)14-6-4-5-11-7-12(20(27)30-15(11)14)8-13(23)9-22-18(21)26/h4-6,12,27H,7-10H2,1-3H3,(H3,21,22,26)/t12-/m1/s1. The van der Waals surface area contributed by atoms with E-state index in [-0.39, 0.29) is 36.5 Å². The van der Waals surface area contributed by atoms with Gasteiger partial charge < -0.3 is 30.2 Å². The van der Waals surface area contributed by atoms with Crippen LogP contribution in [0.4, 0.5) is 4.79 Å². The first-order valence-corrected chi connectivity index (χ1v) is 9.35. The number of hydrogen-bond donors (Lipinski definition) is 3. The van der Waals surface area contributed by atoms with Gasteiger partial charge >= 0.3 is 25.1 Å². The van der Waals surface area contributed by atoms with Crippen molar-refractivity contribution in [3.63, 3.8) is 0 Å². The van der Waals surface area contributed by atoms with E-state index in [0.717, 1.165) is 0 Å². The number of ether oxygens (including phenoxy) is 2. The molecular formula is C19H25BN2O8. The number of Topliss-reactive ketones (excluding diaryl/α,β-unsaturated/α-hetero) is 1. The summed E-state index contributed by atoms with van der Waals surface area (Å²) < 4.78 is 15.4. The highest BCUT2D eigenvalue weighted by Crippen LogP contribution is 2.36. The predicted molar refractivity (Wildman–Crippen MR) is 106 cm³/mol. The third-order valence-electron chi connectivity index (χ3n) is 4.38. The van der Waals surface area contributed by atoms with Crippen LogP contribution >= 0.6 is 0 Å². The summed E-state index contributed by atoms with van der Waals surface area (Å²) >= 11 is 0. The molecule has 1 heterocycles. The molecule has 1 aliphatic heterocycles. The monoisotopic (exact) mass is 420 g/mol. The molecule has 4 N–H and O–H groups in total. The number of carbonyl (C=O) groups excluding carboxylic acids is 4. The fraction of sp³-hybridized carbons (Fsp3) is 0.474. The lowest BCUT2D eigenvalue weighted by Crippen LogP contribution is -2.38. The Kier molecular flexibility index (Phi) is 7.44. The smallest absolute Gasteiger partial charge is 0.526 e. The first kappa shape index (κ1) is 23.2. The molecule has 11 heteroatoms. The lowest BCUT2D eigenvalue weighted by Gasteiger charge is -2.28. The van der Waals surface area contributed by atoms with E-state index in [1.165, 1.54) is 6.07 Å². The first-order chi connectivity index (χ1) is 14.0. The molecule has 0 radical (unpaired) electrons. The second-order valence-electron chi connectivity index (χ2n) is 7.96. The molecule has 0 unspecified atom stereocenters. The van der Waals surface area contributed by atoms with E-state index in [0.29, 0.717) is 5.56 Å². The van der Waals surface area contributed by atoms with Crippen LogP contribution in [0.3, 0.4) is 0 Å². The highest BCUT2D eigenvalue weighted by Gasteiger charge is 2.38. The van der Waals surface area contributed by atoms with Crippen molar-refractivity contribution >= 4 is 30.9 Å². The Morgan fingerprint density at radius 2 is 1.97 bits per heavy atom. The Morgan fingerprint density at radius 1 is 1.27 bits per heavy atom. The molecule has 1 aliphatic rings. The molecule has 0 aromatic heterocycles. The fourth-order valence-corrected chi connectivity index (χ4v) is 2.80. The number of primary amides is 1. The summed E-state index contributed by atoms with van der Waals surface area (Å²) in [6.07, 6.45) is 0.233. The number of fused-ring (bicyclic) bond motifs is 1. The molecule has 30 heavy (non-hydrogen) atoms. The van der Waals surface area contributed by atoms with Crippen LogP contribution in [0, 0.1) is 5.41 Å². The van der Waals surface area contributed by atoms with Crippen molar-refractivity contribution in [1.29, 1.82) is 0 Å². The summed E-state index contributed by atoms with van der Waals surface area (Å²) in [7, 11) is -1.33. The molecule has 162 valence electrons. The van der Waals surface area contributed by atoms with Crippen molar-refractivity contribution in [3.8, 4) is 5.75 Å². The number of benzene rings is 1. The molecule has 1 aromatic rings. The molecule has 0 fully saturated rings. The van der Waals surface area contributed by atoms with Gasteiger partial charge in [0.15, 0.2) is 5.78 Å². The van der Waals surface area contributed by atoms with Gasteiger partial charge in [0.05, 0.1) is 12.0 Å². The molecule has 1 atom stereocenters. The van der Waals surface area contributed by atoms with Crippen LogP contribution in [0.25, 0.3) is 0 Å². The first-order valence-electron chi connectivity index (χ1n) is 9.35. The van der Waals surface area contributed by atoms with Crippen LogP contribution in [-0.4, -0.2) is 49.2 Å². The summed E-state index contributed by atoms with van der Waals surface area (Å²) in [6.45, 7) is 4.22. The number of para-hydroxylation sites is 1. The Hall–Kier alpha value is -3.08. The van der Waals surface area contributed by atoms with Crippen LogP contribution in [0.2, 0.25) is 5.82 Å². The molecule has 1 aromatic carbocycles. The number of rotatable bonds is 7. The van der Waals surface area contributed by atoms with Gasteiger partial charge in [0.2, 0.25) is 6.79 Å². The van der Waals surface area contributed by atoms with Crippen molar-refractivity contribution in [2.24, 2.45) is 11.1 Å². The van der Waals surface area contributed by atoms with Gasteiger partial charge in [-0.05, 0) is 38.8 Å². The maximum absolute atomic E-state index is 12.4. The van der Waals surface area contributed by atoms with Crippen molar-refractivity contribution in [2.45, 2.75) is 39.4 Å². The van der Waals surface area contributed by atoms with Crippen LogP contribution in [0.5, 0.6) is 5.75 Å². The third kappa shape index (κ3) is 6.21. The van der Waals surface area contributed by atoms with Gasteiger partial charge in [-0.2, -0.15) is 0 Å². The second-order valence-corrected chi connectivity index (χ2v) is 7.96. The number of hydrogen-bond acceptors (Lipinski definition) is 8. The number of esters is 2. The summed E-state index contributed by atoms with van der Waals surface area (Å²) in [4.78, 5) is 46.8. The van der Waals surface area contributed by atoms with Gasteiger partial charge in [0.1, 0.15) is 11.3 Å². The highest BCUT2D eigenvalue weighted by atomic mass is 16.7. The lowest BCUT2D eigenvalue weighted by atomic mass is 9.64. The number of nitrogens with two attached hydrogens (primary N) is 1. The zero-order valence-corrected chi connectivity index (χ0v) is 17.1. The van der Waals surface area contributed by atoms with E-state index in [1.807, 2.05) is 0 Å². The van der Waals surface area contributed by atoms with Gasteiger partial charge in [-0.15, -0.1) is 0 Å². The summed E-state index contributed by atoms with van der Waals surface area (Å²) in [6, 6.07) is 3.97. The Labute approximate surface area is 174 Å². The van der Waals surface area contributed by atoms with Gasteiger partial charge in [-0.1, -0.05) is 12.1 Å². The topological polar surface area (TPSA) is 154 Å². The molecule has 2 rings (SSSR count). The predicted octanol–water partition coefficient (Wildman–Crippen LogP) is 0.803. The minimum absolute atomic E-state index is 0.0433. The van der Waals surface area contributed by atoms with E-state index < -0.39 is 43.1 Å². The van der Waals surface area contributed by atoms with Gasteiger partial charge in [0.25, 0.3) is 0 Å². The molecule has 0 aliphatic carbocycles. The van der Waals surface area contributed by atoms with E-state index in [9.17, 15) is 24.2 Å². The van der Waals surface area contributed by atoms with Crippen molar-refractivity contribution in [2.75, 3.05) is 13.3 Å². The largest absolute Gasteiger partial charge is 0.535 e. The Morgan fingerprint density at radius 3 is 2.60 bits per heavy atom. The SMILES string of the molecule is CC(C)(C)C(=O)OCOC(=O)c1cccc2c1OB(O)[C@@H](CC(=O)CNC(N)=O)C2. The normalized spacial score (nSPS) is 15.5. The zero-order chi connectivity index (χ0) is 22.5. The fourth-order valence-electron chi connectivity index (χ4n) is 2.80. The van der Waals surface area contributed by atoms with Gasteiger partial charge in [0, 0.05) is 12.2 Å². The number of nitrogens with one attached hydrogen (secondary N) is 1. The lowest BCUT2D eigenvalue weighted by molar-refractivity contribution is -0.161. The molecule has 0 saturated heterocycles. The van der Waals surface area contributed by atoms with Crippen LogP contribution < -0.4 is 15.7 Å². The maximum Gasteiger partial charge on any atom is 0.526 e. The molecule has 10 nitrogen and oxygen atoms in total. The van der Waals surface area contributed by atoms with Crippen LogP contribution in [-0.2, 0) is 25.5 Å². The minimum atomic E-state index is -1.33. The van der Waals surface area contributed by atoms with E-state index in [2.05, 4.69) is 5.32 Å². The Balaban J connectivity index is 2.01. The van der Waals surface area contributed by atoms with Gasteiger partial charge in [-0.3, -0.25) is 9.59 Å². The van der Waals surface area contributed by atoms with Crippen LogP contribution in [0.15, 0.2) is 18.2 Å². The third-order valence-corrected chi connectivity index (χ3v) is 4.38. The average Bonchev–Trinajstić information content (AvgIpc) is 2.65.